The number of nitrogens with two attached hydrogens (primary N) is 1. The van der Waals surface area contributed by atoms with Crippen LogP contribution in [0, 0.1) is 6.92 Å². The molecule has 0 spiro atoms. The molecule has 1 aromatic carbocycles. The molecule has 3 aromatic rings. The lowest BCUT2D eigenvalue weighted by Crippen LogP contribution is -2.17. The number of hydrogen-bond acceptors (Lipinski definition) is 8. The molecule has 0 aliphatic carbocycles. The quantitative estimate of drug-likeness (QED) is 0.626. The zero-order valence-corrected chi connectivity index (χ0v) is 13.3. The molecular weight excluding hydrogens is 353 g/mol. The Morgan fingerprint density at radius 3 is 2.31 bits per heavy atom. The number of aryl methyl sites for hydroxylation is 1. The second-order valence-electron chi connectivity index (χ2n) is 5.13. The number of rotatable bonds is 5. The van der Waals surface area contributed by atoms with Crippen LogP contribution in [0.2, 0.25) is 0 Å². The summed E-state index contributed by atoms with van der Waals surface area (Å²) in [6.07, 6.45) is -3.47. The molecule has 0 fully saturated rings. The smallest absolute Gasteiger partial charge is 0.406 e. The Hall–Kier alpha value is -3.50. The number of anilines is 5. The number of halogens is 3. The van der Waals surface area contributed by atoms with E-state index in [9.17, 15) is 13.2 Å². The zero-order valence-electron chi connectivity index (χ0n) is 13.3. The zero-order chi connectivity index (χ0) is 18.7. The average Bonchev–Trinajstić information content (AvgIpc) is 2.97. The molecule has 11 heteroatoms. The molecule has 2 heterocycles. The van der Waals surface area contributed by atoms with Gasteiger partial charge in [0.1, 0.15) is 23.5 Å². The number of nitrogen functional groups attached to an aromatic ring is 1. The van der Waals surface area contributed by atoms with Crippen molar-refractivity contribution in [1.82, 2.24) is 15.1 Å². The summed E-state index contributed by atoms with van der Waals surface area (Å²) in [6, 6.07) is 6.80. The van der Waals surface area contributed by atoms with Crippen LogP contribution >= 0.6 is 0 Å². The Morgan fingerprint density at radius 1 is 1.08 bits per heavy atom. The minimum atomic E-state index is -4.74. The second kappa shape index (κ2) is 6.78. The third-order valence-corrected chi connectivity index (χ3v) is 3.11. The predicted molar refractivity (Wildman–Crippen MR) is 87.4 cm³/mol. The van der Waals surface area contributed by atoms with E-state index in [2.05, 4.69) is 30.5 Å². The fourth-order valence-electron chi connectivity index (χ4n) is 2.02. The van der Waals surface area contributed by atoms with Crippen LogP contribution in [0.5, 0.6) is 5.75 Å². The second-order valence-corrected chi connectivity index (χ2v) is 5.13. The van der Waals surface area contributed by atoms with E-state index in [1.54, 1.807) is 13.0 Å². The largest absolute Gasteiger partial charge is 0.573 e. The van der Waals surface area contributed by atoms with Crippen LogP contribution in [0.3, 0.4) is 0 Å². The summed E-state index contributed by atoms with van der Waals surface area (Å²) < 4.78 is 45.3. The summed E-state index contributed by atoms with van der Waals surface area (Å²) in [7, 11) is 0. The lowest BCUT2D eigenvalue weighted by atomic mass is 10.3. The molecule has 8 nitrogen and oxygen atoms in total. The van der Waals surface area contributed by atoms with E-state index in [0.29, 0.717) is 23.1 Å². The number of nitrogens with one attached hydrogen (secondary N) is 2. The van der Waals surface area contributed by atoms with Crippen LogP contribution < -0.4 is 21.1 Å². The predicted octanol–water partition coefficient (Wildman–Crippen LogP) is 3.74. The Bertz CT molecular complexity index is 895. The van der Waals surface area contributed by atoms with Gasteiger partial charge in [0.25, 0.3) is 0 Å². The average molecular weight is 366 g/mol. The van der Waals surface area contributed by atoms with E-state index in [-0.39, 0.29) is 17.3 Å². The van der Waals surface area contributed by atoms with Gasteiger partial charge in [0.05, 0.1) is 0 Å². The minimum Gasteiger partial charge on any atom is -0.406 e. The Kier molecular flexibility index (Phi) is 4.52. The van der Waals surface area contributed by atoms with Crippen molar-refractivity contribution in [3.05, 3.63) is 42.4 Å². The molecule has 0 saturated carbocycles. The van der Waals surface area contributed by atoms with Gasteiger partial charge in [-0.2, -0.15) is 0 Å². The number of ether oxygens (including phenoxy) is 1. The highest BCUT2D eigenvalue weighted by Gasteiger charge is 2.30. The SMILES string of the molecule is Cc1cc(Nc2ncnc(Nc3ccc(OC(F)(F)F)cc3)c2N)no1. The molecule has 0 saturated heterocycles. The molecule has 0 atom stereocenters. The molecule has 4 N–H and O–H groups in total. The van der Waals surface area contributed by atoms with Gasteiger partial charge in [-0.05, 0) is 31.2 Å². The van der Waals surface area contributed by atoms with Gasteiger partial charge in [0, 0.05) is 11.8 Å². The summed E-state index contributed by atoms with van der Waals surface area (Å²) >= 11 is 0. The first-order valence-corrected chi connectivity index (χ1v) is 7.24. The molecule has 0 aliphatic heterocycles. The maximum Gasteiger partial charge on any atom is 0.573 e. The number of alkyl halides is 3. The summed E-state index contributed by atoms with van der Waals surface area (Å²) in [6.45, 7) is 1.74. The number of benzene rings is 1. The molecule has 2 aromatic heterocycles. The third-order valence-electron chi connectivity index (χ3n) is 3.11. The lowest BCUT2D eigenvalue weighted by molar-refractivity contribution is -0.274. The topological polar surface area (TPSA) is 111 Å². The minimum absolute atomic E-state index is 0.198. The summed E-state index contributed by atoms with van der Waals surface area (Å²) in [4.78, 5) is 8.05. The van der Waals surface area contributed by atoms with Crippen molar-refractivity contribution in [2.45, 2.75) is 13.3 Å². The summed E-state index contributed by atoms with van der Waals surface area (Å²) in [5, 5.41) is 9.56. The molecule has 0 amide bonds. The first-order valence-electron chi connectivity index (χ1n) is 7.24. The van der Waals surface area contributed by atoms with Gasteiger partial charge in [-0.25, -0.2) is 9.97 Å². The van der Waals surface area contributed by atoms with Gasteiger partial charge in [0.15, 0.2) is 17.5 Å². The monoisotopic (exact) mass is 366 g/mol. The lowest BCUT2D eigenvalue weighted by Gasteiger charge is -2.12. The van der Waals surface area contributed by atoms with Crippen LogP contribution in [0.1, 0.15) is 5.76 Å². The van der Waals surface area contributed by atoms with E-state index in [1.807, 2.05) is 0 Å². The van der Waals surface area contributed by atoms with Crippen LogP contribution in [0.4, 0.5) is 42.0 Å². The maximum atomic E-state index is 12.2. The molecule has 26 heavy (non-hydrogen) atoms. The van der Waals surface area contributed by atoms with Crippen molar-refractivity contribution in [2.24, 2.45) is 0 Å². The van der Waals surface area contributed by atoms with E-state index >= 15 is 0 Å². The van der Waals surface area contributed by atoms with Crippen LogP contribution in [-0.4, -0.2) is 21.5 Å². The van der Waals surface area contributed by atoms with Crippen molar-refractivity contribution >= 4 is 28.8 Å². The van der Waals surface area contributed by atoms with Crippen molar-refractivity contribution < 1.29 is 22.4 Å². The Balaban J connectivity index is 1.74. The van der Waals surface area contributed by atoms with E-state index in [4.69, 9.17) is 10.3 Å². The maximum absolute atomic E-state index is 12.2. The molecule has 3 rings (SSSR count). The van der Waals surface area contributed by atoms with Gasteiger partial charge in [-0.1, -0.05) is 5.16 Å². The fraction of sp³-hybridized carbons (Fsp3) is 0.133. The fourth-order valence-corrected chi connectivity index (χ4v) is 2.02. The summed E-state index contributed by atoms with van der Waals surface area (Å²) in [5.41, 5.74) is 6.68. The van der Waals surface area contributed by atoms with Crippen LogP contribution in [-0.2, 0) is 0 Å². The first kappa shape index (κ1) is 17.3. The van der Waals surface area contributed by atoms with Crippen molar-refractivity contribution in [1.29, 1.82) is 0 Å². The van der Waals surface area contributed by atoms with Gasteiger partial charge in [-0.15, -0.1) is 13.2 Å². The normalized spacial score (nSPS) is 11.2. The highest BCUT2D eigenvalue weighted by molar-refractivity contribution is 5.79. The first-order chi connectivity index (χ1) is 12.3. The van der Waals surface area contributed by atoms with Gasteiger partial charge >= 0.3 is 6.36 Å². The third kappa shape index (κ3) is 4.32. The Morgan fingerprint density at radius 2 is 1.73 bits per heavy atom. The number of nitrogens with zero attached hydrogens (tertiary/aromatic N) is 3. The van der Waals surface area contributed by atoms with E-state index in [0.717, 1.165) is 0 Å². The van der Waals surface area contributed by atoms with Crippen molar-refractivity contribution in [3.63, 3.8) is 0 Å². The molecule has 0 unspecified atom stereocenters. The molecular formula is C15H13F3N6O2. The van der Waals surface area contributed by atoms with Gasteiger partial charge < -0.3 is 25.6 Å². The summed E-state index contributed by atoms with van der Waals surface area (Å²) in [5.74, 6) is 1.27. The highest BCUT2D eigenvalue weighted by Crippen LogP contribution is 2.29. The van der Waals surface area contributed by atoms with E-state index in [1.165, 1.54) is 30.6 Å². The molecule has 0 radical (unpaired) electrons. The molecule has 136 valence electrons. The van der Waals surface area contributed by atoms with E-state index < -0.39 is 6.36 Å². The molecule has 0 aliphatic rings. The van der Waals surface area contributed by atoms with Gasteiger partial charge in [0.2, 0.25) is 0 Å². The van der Waals surface area contributed by atoms with Crippen LogP contribution in [0.15, 0.2) is 41.2 Å². The number of aromatic nitrogens is 3. The highest BCUT2D eigenvalue weighted by atomic mass is 19.4. The Labute approximate surface area is 145 Å². The van der Waals surface area contributed by atoms with Crippen molar-refractivity contribution in [2.75, 3.05) is 16.4 Å². The van der Waals surface area contributed by atoms with Crippen LogP contribution in [0.25, 0.3) is 0 Å². The molecule has 0 bridgehead atoms. The van der Waals surface area contributed by atoms with Gasteiger partial charge in [-0.3, -0.25) is 0 Å². The standard InChI is InChI=1S/C15H13F3N6O2/c1-8-6-11(24-26-8)23-14-12(19)13(20-7-21-14)22-9-2-4-10(5-3-9)25-15(16,17)18/h2-7H,19H2,1H3,(H2,20,21,22,23,24). The number of hydrogen-bond donors (Lipinski definition) is 3. The van der Waals surface area contributed by atoms with Crippen molar-refractivity contribution in [3.8, 4) is 5.75 Å².